The number of methoxy groups -OCH3 is 2. The maximum Gasteiger partial charge on any atom is 0.223 e. The molecule has 2 amide bonds. The lowest BCUT2D eigenvalue weighted by Crippen LogP contribution is -2.49. The third-order valence-electron chi connectivity index (χ3n) is 6.94. The van der Waals surface area contributed by atoms with Crippen LogP contribution in [0.25, 0.3) is 0 Å². The highest BCUT2D eigenvalue weighted by Gasteiger charge is 2.63. The minimum Gasteiger partial charge on any atom is -0.493 e. The molecule has 2 unspecified atom stereocenters. The third-order valence-corrected chi connectivity index (χ3v) is 6.94. The first-order valence-corrected chi connectivity index (χ1v) is 9.72. The zero-order valence-corrected chi connectivity index (χ0v) is 16.5. The van der Waals surface area contributed by atoms with Crippen LogP contribution in [0.4, 0.5) is 0 Å². The monoisotopic (exact) mass is 372 g/mol. The second-order valence-electron chi connectivity index (χ2n) is 8.18. The molecule has 1 saturated carbocycles. The zero-order chi connectivity index (χ0) is 19.3. The standard InChI is InChI=1S/C21H28N2O4/c1-12-10-21-16-8-19(27-4)18(26-3)7-14(16)5-6-23(21)20(25)9-17(21)15(12)11-22-13(2)24/h7-8,12,15,17H,5-6,9-11H2,1-4H3,(H,22,24)/t12?,15-,17?,21+/m1/s1. The molecule has 1 aromatic carbocycles. The van der Waals surface area contributed by atoms with Gasteiger partial charge in [0.2, 0.25) is 11.8 Å². The minimum absolute atomic E-state index is 0.0141. The van der Waals surface area contributed by atoms with Gasteiger partial charge in [0.25, 0.3) is 0 Å². The molecule has 4 rings (SSSR count). The van der Waals surface area contributed by atoms with Crippen LogP contribution in [0.15, 0.2) is 12.1 Å². The predicted molar refractivity (Wildman–Crippen MR) is 101 cm³/mol. The lowest BCUT2D eigenvalue weighted by molar-refractivity contribution is -0.132. The van der Waals surface area contributed by atoms with Gasteiger partial charge in [0.1, 0.15) is 0 Å². The predicted octanol–water partition coefficient (Wildman–Crippen LogP) is 2.10. The Hall–Kier alpha value is -2.24. The quantitative estimate of drug-likeness (QED) is 0.879. The van der Waals surface area contributed by atoms with E-state index in [4.69, 9.17) is 9.47 Å². The number of fused-ring (bicyclic) bond motifs is 1. The topological polar surface area (TPSA) is 67.9 Å². The Morgan fingerprint density at radius 2 is 2.00 bits per heavy atom. The first kappa shape index (κ1) is 18.1. The first-order valence-electron chi connectivity index (χ1n) is 9.72. The van der Waals surface area contributed by atoms with E-state index in [-0.39, 0.29) is 23.3 Å². The van der Waals surface area contributed by atoms with Crippen LogP contribution in [0.3, 0.4) is 0 Å². The number of ether oxygens (including phenoxy) is 2. The summed E-state index contributed by atoms with van der Waals surface area (Å²) in [4.78, 5) is 26.5. The molecular weight excluding hydrogens is 344 g/mol. The largest absolute Gasteiger partial charge is 0.493 e. The normalized spacial score (nSPS) is 31.2. The van der Waals surface area contributed by atoms with Crippen LogP contribution < -0.4 is 14.8 Å². The van der Waals surface area contributed by atoms with Crippen molar-refractivity contribution in [3.8, 4) is 11.5 Å². The van der Waals surface area contributed by atoms with Crippen LogP contribution in [-0.4, -0.2) is 44.0 Å². The fourth-order valence-corrected chi connectivity index (χ4v) is 5.84. The van der Waals surface area contributed by atoms with Crippen LogP contribution in [0.1, 0.15) is 37.8 Å². The molecule has 0 aromatic heterocycles. The van der Waals surface area contributed by atoms with Crippen molar-refractivity contribution >= 4 is 11.8 Å². The molecule has 1 saturated heterocycles. The van der Waals surface area contributed by atoms with Crippen LogP contribution in [0.2, 0.25) is 0 Å². The molecule has 146 valence electrons. The summed E-state index contributed by atoms with van der Waals surface area (Å²) in [6, 6.07) is 4.16. The van der Waals surface area contributed by atoms with Gasteiger partial charge in [-0.15, -0.1) is 0 Å². The van der Waals surface area contributed by atoms with Gasteiger partial charge in [-0.2, -0.15) is 0 Å². The number of carbonyl (C=O) groups excluding carboxylic acids is 2. The summed E-state index contributed by atoms with van der Waals surface area (Å²) < 4.78 is 11.1. The van der Waals surface area contributed by atoms with E-state index in [2.05, 4.69) is 29.3 Å². The average Bonchev–Trinajstić information content (AvgIpc) is 3.07. The summed E-state index contributed by atoms with van der Waals surface area (Å²) in [7, 11) is 3.30. The van der Waals surface area contributed by atoms with E-state index in [1.54, 1.807) is 21.1 Å². The van der Waals surface area contributed by atoms with Crippen molar-refractivity contribution in [1.82, 2.24) is 10.2 Å². The van der Waals surface area contributed by atoms with Crippen molar-refractivity contribution in [2.75, 3.05) is 27.3 Å². The van der Waals surface area contributed by atoms with E-state index in [9.17, 15) is 9.59 Å². The molecule has 6 heteroatoms. The lowest BCUT2D eigenvalue weighted by atomic mass is 9.74. The van der Waals surface area contributed by atoms with Crippen molar-refractivity contribution in [2.45, 2.75) is 38.6 Å². The number of rotatable bonds is 4. The number of amides is 2. The molecule has 6 nitrogen and oxygen atoms in total. The molecule has 1 spiro atoms. The highest BCUT2D eigenvalue weighted by Crippen LogP contribution is 2.61. The molecule has 2 aliphatic heterocycles. The summed E-state index contributed by atoms with van der Waals surface area (Å²) >= 11 is 0. The van der Waals surface area contributed by atoms with E-state index in [1.165, 1.54) is 11.1 Å². The third kappa shape index (κ3) is 2.52. The number of carbonyl (C=O) groups is 2. The van der Waals surface area contributed by atoms with Gasteiger partial charge in [-0.1, -0.05) is 6.92 Å². The molecule has 27 heavy (non-hydrogen) atoms. The zero-order valence-electron chi connectivity index (χ0n) is 16.5. The van der Waals surface area contributed by atoms with E-state index >= 15 is 0 Å². The van der Waals surface area contributed by atoms with Crippen molar-refractivity contribution < 1.29 is 19.1 Å². The van der Waals surface area contributed by atoms with Crippen LogP contribution in [0.5, 0.6) is 11.5 Å². The highest BCUT2D eigenvalue weighted by molar-refractivity contribution is 5.82. The van der Waals surface area contributed by atoms with Gasteiger partial charge in [0, 0.05) is 26.4 Å². The van der Waals surface area contributed by atoms with E-state index < -0.39 is 0 Å². The van der Waals surface area contributed by atoms with E-state index in [0.29, 0.717) is 30.6 Å². The highest BCUT2D eigenvalue weighted by atomic mass is 16.5. The van der Waals surface area contributed by atoms with Gasteiger partial charge < -0.3 is 19.7 Å². The van der Waals surface area contributed by atoms with Gasteiger partial charge in [0.05, 0.1) is 19.8 Å². The van der Waals surface area contributed by atoms with Gasteiger partial charge in [-0.25, -0.2) is 0 Å². The van der Waals surface area contributed by atoms with Gasteiger partial charge >= 0.3 is 0 Å². The van der Waals surface area contributed by atoms with Crippen LogP contribution in [-0.2, 0) is 21.5 Å². The molecule has 1 aliphatic carbocycles. The molecule has 4 atom stereocenters. The molecule has 2 heterocycles. The Balaban J connectivity index is 1.82. The lowest BCUT2D eigenvalue weighted by Gasteiger charge is -2.45. The molecule has 3 aliphatic rings. The minimum atomic E-state index is -0.285. The fourth-order valence-electron chi connectivity index (χ4n) is 5.84. The average molecular weight is 372 g/mol. The number of benzene rings is 1. The summed E-state index contributed by atoms with van der Waals surface area (Å²) in [5.74, 6) is 2.61. The SMILES string of the molecule is COc1cc2c(cc1OC)[C@@]13CC(C)[C@@H](CNC(C)=O)C1CC(=O)N3CC2. The summed E-state index contributed by atoms with van der Waals surface area (Å²) in [6.07, 6.45) is 2.32. The molecule has 1 N–H and O–H groups in total. The second kappa shape index (κ2) is 6.43. The second-order valence-corrected chi connectivity index (χ2v) is 8.18. The Morgan fingerprint density at radius 3 is 2.67 bits per heavy atom. The van der Waals surface area contributed by atoms with E-state index in [0.717, 1.165) is 25.1 Å². The first-order chi connectivity index (χ1) is 12.9. The van der Waals surface area contributed by atoms with Crippen LogP contribution >= 0.6 is 0 Å². The Kier molecular flexibility index (Phi) is 4.32. The molecule has 0 bridgehead atoms. The number of hydrogen-bond acceptors (Lipinski definition) is 4. The molecule has 2 fully saturated rings. The summed E-state index contributed by atoms with van der Waals surface area (Å²) in [6.45, 7) is 5.18. The van der Waals surface area contributed by atoms with Gasteiger partial charge in [0.15, 0.2) is 11.5 Å². The Bertz CT molecular complexity index is 793. The van der Waals surface area contributed by atoms with E-state index in [1.807, 2.05) is 0 Å². The Labute approximate surface area is 160 Å². The van der Waals surface area contributed by atoms with Gasteiger partial charge in [-0.05, 0) is 53.9 Å². The molecule has 1 aromatic rings. The number of hydrogen-bond donors (Lipinski definition) is 1. The maximum atomic E-state index is 12.9. The smallest absolute Gasteiger partial charge is 0.223 e. The van der Waals surface area contributed by atoms with Crippen molar-refractivity contribution in [2.24, 2.45) is 17.8 Å². The molecule has 0 radical (unpaired) electrons. The van der Waals surface area contributed by atoms with Crippen molar-refractivity contribution in [3.05, 3.63) is 23.3 Å². The number of nitrogens with zero attached hydrogens (tertiary/aromatic N) is 1. The summed E-state index contributed by atoms with van der Waals surface area (Å²) in [5, 5.41) is 2.99. The summed E-state index contributed by atoms with van der Waals surface area (Å²) in [5.41, 5.74) is 2.17. The van der Waals surface area contributed by atoms with Crippen LogP contribution in [0, 0.1) is 17.8 Å². The van der Waals surface area contributed by atoms with Gasteiger partial charge in [-0.3, -0.25) is 9.59 Å². The van der Waals surface area contributed by atoms with Crippen molar-refractivity contribution in [1.29, 1.82) is 0 Å². The maximum absolute atomic E-state index is 12.9. The number of nitrogens with one attached hydrogen (secondary N) is 1. The molecular formula is C21H28N2O4. The van der Waals surface area contributed by atoms with Crippen molar-refractivity contribution in [3.63, 3.8) is 0 Å². The fraction of sp³-hybridized carbons (Fsp3) is 0.619. The Morgan fingerprint density at radius 1 is 1.30 bits per heavy atom.